The smallest absolute Gasteiger partial charge is 0.456 e. The van der Waals surface area contributed by atoms with Crippen LogP contribution in [0.4, 0.5) is 23.2 Å². The Morgan fingerprint density at radius 3 is 2.08 bits per heavy atom. The zero-order chi connectivity index (χ0) is 18.6. The number of rotatable bonds is 4. The minimum Gasteiger partial charge on any atom is -0.505 e. The fourth-order valence-corrected chi connectivity index (χ4v) is 1.82. The summed E-state index contributed by atoms with van der Waals surface area (Å²) < 4.78 is 51.1. The second-order valence-electron chi connectivity index (χ2n) is 4.71. The largest absolute Gasteiger partial charge is 0.505 e. The number of hydrogen-bond acceptors (Lipinski definition) is 4. The normalized spacial score (nSPS) is 13.0. The Morgan fingerprint density at radius 2 is 1.56 bits per heavy atom. The molecule has 0 amide bonds. The number of carbonyl (C=O) groups excluding carboxylic acids is 1. The fraction of sp³-hybridized carbons (Fsp3) is 0.0625. The monoisotopic (exact) mass is 372 g/mol. The molecule has 0 aliphatic carbocycles. The quantitative estimate of drug-likeness (QED) is 0.327. The van der Waals surface area contributed by atoms with Crippen LogP contribution < -0.4 is 0 Å². The minimum absolute atomic E-state index is 0.00205. The van der Waals surface area contributed by atoms with Crippen molar-refractivity contribution in [1.82, 2.24) is 0 Å². The predicted octanol–water partition coefficient (Wildman–Crippen LogP) is 5.62. The third-order valence-corrected chi connectivity index (χ3v) is 3.16. The van der Waals surface area contributed by atoms with Gasteiger partial charge in [0.1, 0.15) is 5.82 Å². The Hall–Kier alpha value is -2.74. The Kier molecular flexibility index (Phi) is 5.53. The molecule has 0 heterocycles. The summed E-state index contributed by atoms with van der Waals surface area (Å²) in [5, 5.41) is 17.0. The van der Waals surface area contributed by atoms with Crippen molar-refractivity contribution in [3.05, 3.63) is 70.6 Å². The maximum atomic E-state index is 12.8. The summed E-state index contributed by atoms with van der Waals surface area (Å²) in [6.45, 7) is 0. The van der Waals surface area contributed by atoms with E-state index in [-0.39, 0.29) is 16.3 Å². The first-order valence-corrected chi connectivity index (χ1v) is 7.04. The van der Waals surface area contributed by atoms with E-state index in [1.54, 1.807) is 0 Å². The average Bonchev–Trinajstić information content (AvgIpc) is 2.56. The molecule has 0 radical (unpaired) electrons. The van der Waals surface area contributed by atoms with Gasteiger partial charge in [0, 0.05) is 10.6 Å². The maximum absolute atomic E-state index is 12.8. The molecular weight excluding hydrogens is 364 g/mol. The molecule has 0 aliphatic heterocycles. The highest BCUT2D eigenvalue weighted by Crippen LogP contribution is 2.28. The third-order valence-electron chi connectivity index (χ3n) is 2.91. The van der Waals surface area contributed by atoms with Crippen molar-refractivity contribution >= 4 is 28.8 Å². The number of hydrogen-bond donors (Lipinski definition) is 1. The first-order valence-electron chi connectivity index (χ1n) is 6.66. The van der Waals surface area contributed by atoms with E-state index in [0.29, 0.717) is 0 Å². The molecule has 0 bridgehead atoms. The molecule has 2 aromatic carbocycles. The van der Waals surface area contributed by atoms with Gasteiger partial charge in [-0.1, -0.05) is 11.6 Å². The van der Waals surface area contributed by atoms with E-state index in [4.69, 9.17) is 11.6 Å². The molecule has 2 rings (SSSR count). The predicted molar refractivity (Wildman–Crippen MR) is 83.0 cm³/mol. The van der Waals surface area contributed by atoms with Crippen molar-refractivity contribution < 1.29 is 27.5 Å². The van der Waals surface area contributed by atoms with Gasteiger partial charge in [0.15, 0.2) is 11.5 Å². The summed E-state index contributed by atoms with van der Waals surface area (Å²) in [5.74, 6) is -3.96. The van der Waals surface area contributed by atoms with Gasteiger partial charge >= 0.3 is 6.18 Å². The summed E-state index contributed by atoms with van der Waals surface area (Å²) in [7, 11) is 0. The van der Waals surface area contributed by atoms with Gasteiger partial charge in [-0.05, 0) is 48.5 Å². The Morgan fingerprint density at radius 1 is 1.00 bits per heavy atom. The van der Waals surface area contributed by atoms with E-state index >= 15 is 0 Å². The molecule has 2 aromatic rings. The molecule has 0 saturated carbocycles. The molecule has 4 nitrogen and oxygen atoms in total. The van der Waals surface area contributed by atoms with Crippen molar-refractivity contribution in [2.45, 2.75) is 6.18 Å². The Balaban J connectivity index is 2.49. The van der Waals surface area contributed by atoms with Crippen LogP contribution in [0.3, 0.4) is 0 Å². The van der Waals surface area contributed by atoms with Gasteiger partial charge < -0.3 is 5.11 Å². The van der Waals surface area contributed by atoms with Gasteiger partial charge in [-0.25, -0.2) is 4.39 Å². The Labute approximate surface area is 144 Å². The summed E-state index contributed by atoms with van der Waals surface area (Å²) >= 11 is 5.67. The van der Waals surface area contributed by atoms with Crippen LogP contribution >= 0.6 is 11.6 Å². The van der Waals surface area contributed by atoms with Crippen LogP contribution in [-0.2, 0) is 4.79 Å². The van der Waals surface area contributed by atoms with Gasteiger partial charge in [-0.3, -0.25) is 4.79 Å². The molecule has 0 aromatic heterocycles. The number of azo groups is 1. The highest BCUT2D eigenvalue weighted by atomic mass is 35.5. The molecule has 130 valence electrons. The zero-order valence-electron chi connectivity index (χ0n) is 12.3. The second kappa shape index (κ2) is 7.43. The van der Waals surface area contributed by atoms with Crippen molar-refractivity contribution in [2.75, 3.05) is 0 Å². The number of aliphatic hydroxyl groups is 1. The Bertz CT molecular complexity index is 829. The molecule has 0 spiro atoms. The van der Waals surface area contributed by atoms with Gasteiger partial charge in [-0.2, -0.15) is 18.3 Å². The van der Waals surface area contributed by atoms with Crippen molar-refractivity contribution in [3.8, 4) is 0 Å². The third kappa shape index (κ3) is 4.87. The number of carbonyl (C=O) groups is 1. The number of ketones is 1. The average molecular weight is 373 g/mol. The first kappa shape index (κ1) is 18.6. The van der Waals surface area contributed by atoms with E-state index in [1.807, 2.05) is 0 Å². The minimum atomic E-state index is -5.27. The van der Waals surface area contributed by atoms with Gasteiger partial charge in [0.25, 0.3) is 5.78 Å². The summed E-state index contributed by atoms with van der Waals surface area (Å²) in [5.41, 5.74) is -1.40. The van der Waals surface area contributed by atoms with E-state index < -0.39 is 29.2 Å². The summed E-state index contributed by atoms with van der Waals surface area (Å²) in [4.78, 5) is 11.5. The molecule has 0 fully saturated rings. The summed E-state index contributed by atoms with van der Waals surface area (Å²) in [6, 6.07) is 9.40. The summed E-state index contributed by atoms with van der Waals surface area (Å²) in [6.07, 6.45) is -5.27. The van der Waals surface area contributed by atoms with Gasteiger partial charge in [-0.15, -0.1) is 5.11 Å². The lowest BCUT2D eigenvalue weighted by atomic mass is 10.1. The first-order chi connectivity index (χ1) is 11.7. The van der Waals surface area contributed by atoms with E-state index in [2.05, 4.69) is 10.2 Å². The van der Waals surface area contributed by atoms with Crippen LogP contribution in [0.25, 0.3) is 5.76 Å². The van der Waals surface area contributed by atoms with Crippen LogP contribution in [0, 0.1) is 5.82 Å². The second-order valence-corrected chi connectivity index (χ2v) is 5.14. The highest BCUT2D eigenvalue weighted by molar-refractivity contribution is 6.30. The molecule has 0 saturated heterocycles. The molecule has 0 atom stereocenters. The molecule has 25 heavy (non-hydrogen) atoms. The number of nitrogens with zero attached hydrogens (tertiary/aromatic N) is 2. The number of alkyl halides is 3. The van der Waals surface area contributed by atoms with Gasteiger partial charge in [0.05, 0.1) is 5.69 Å². The van der Waals surface area contributed by atoms with Crippen molar-refractivity contribution in [1.29, 1.82) is 0 Å². The molecule has 0 aliphatic rings. The van der Waals surface area contributed by atoms with E-state index in [0.717, 1.165) is 24.3 Å². The lowest BCUT2D eigenvalue weighted by Gasteiger charge is -2.08. The number of halogens is 5. The van der Waals surface area contributed by atoms with Crippen LogP contribution in [0.5, 0.6) is 0 Å². The van der Waals surface area contributed by atoms with E-state index in [9.17, 15) is 27.5 Å². The maximum Gasteiger partial charge on any atom is 0.456 e. The van der Waals surface area contributed by atoms with Crippen LogP contribution in [0.2, 0.25) is 5.02 Å². The van der Waals surface area contributed by atoms with Crippen molar-refractivity contribution in [3.63, 3.8) is 0 Å². The number of benzene rings is 2. The van der Waals surface area contributed by atoms with E-state index in [1.165, 1.54) is 24.3 Å². The number of allylic oxidation sites excluding steroid dienone is 1. The SMILES string of the molecule is O=C(/C(N=Nc1ccc(F)cc1)=C(/O)c1ccc(Cl)cc1)C(F)(F)F. The van der Waals surface area contributed by atoms with Crippen molar-refractivity contribution in [2.24, 2.45) is 10.2 Å². The number of Topliss-reactive ketones (excluding diaryl/α,β-unsaturated/α-hetero) is 1. The molecular formula is C16H9ClF4N2O2. The zero-order valence-corrected chi connectivity index (χ0v) is 13.0. The van der Waals surface area contributed by atoms with Crippen LogP contribution in [0.15, 0.2) is 64.5 Å². The standard InChI is InChI=1S/C16H9ClF4N2O2/c17-10-3-1-9(2-4-10)14(24)13(15(25)16(19,20)21)23-22-12-7-5-11(18)6-8-12/h1-8,24H/b14-13-,23-22?. The van der Waals surface area contributed by atoms with Crippen LogP contribution in [0.1, 0.15) is 5.56 Å². The molecule has 9 heteroatoms. The number of aliphatic hydroxyl groups excluding tert-OH is 1. The van der Waals surface area contributed by atoms with Gasteiger partial charge in [0.2, 0.25) is 0 Å². The topological polar surface area (TPSA) is 62.0 Å². The highest BCUT2D eigenvalue weighted by Gasteiger charge is 2.43. The molecule has 1 N–H and O–H groups in total. The lowest BCUT2D eigenvalue weighted by Crippen LogP contribution is -2.24. The lowest BCUT2D eigenvalue weighted by molar-refractivity contribution is -0.166. The molecule has 0 unspecified atom stereocenters. The van der Waals surface area contributed by atoms with Crippen LogP contribution in [-0.4, -0.2) is 17.1 Å². The fourth-order valence-electron chi connectivity index (χ4n) is 1.69.